The molecule has 3 aromatic rings. The predicted molar refractivity (Wildman–Crippen MR) is 129 cm³/mol. The Labute approximate surface area is 199 Å². The number of amides is 1. The standard InChI is InChI=1S/C26H30FN3O3S/c1-16(17-4-9-21(27)10-5-17)28-26(31)19-6-11-22(12-7-19)30-34(32,33)23-13-8-20-14-24(18-2-3-18)29-25(20)15-23/h4-5,8-10,13-16,18-19,22,29-30H,2-3,6-7,11-12H2,1H3,(H,28,31)/t16-,19?,22?/m1/s1. The van der Waals surface area contributed by atoms with Crippen molar-refractivity contribution in [2.24, 2.45) is 5.92 Å². The van der Waals surface area contributed by atoms with E-state index in [-0.39, 0.29) is 34.6 Å². The minimum atomic E-state index is -3.64. The maximum atomic E-state index is 13.1. The van der Waals surface area contributed by atoms with Gasteiger partial charge >= 0.3 is 0 Å². The first-order valence-electron chi connectivity index (χ1n) is 12.0. The van der Waals surface area contributed by atoms with Crippen LogP contribution in [0.15, 0.2) is 53.4 Å². The van der Waals surface area contributed by atoms with Crippen LogP contribution in [0.2, 0.25) is 0 Å². The van der Waals surface area contributed by atoms with Gasteiger partial charge in [-0.05, 0) is 92.6 Å². The third-order valence-corrected chi connectivity index (χ3v) is 8.61. The quantitative estimate of drug-likeness (QED) is 0.446. The van der Waals surface area contributed by atoms with Gasteiger partial charge in [0.2, 0.25) is 15.9 Å². The fourth-order valence-electron chi connectivity index (χ4n) is 4.84. The van der Waals surface area contributed by atoms with E-state index in [2.05, 4.69) is 21.1 Å². The summed E-state index contributed by atoms with van der Waals surface area (Å²) in [7, 11) is -3.64. The number of carbonyl (C=O) groups excluding carboxylic acids is 1. The van der Waals surface area contributed by atoms with Crippen LogP contribution in [0.4, 0.5) is 4.39 Å². The highest BCUT2D eigenvalue weighted by Gasteiger charge is 2.30. The second-order valence-electron chi connectivity index (χ2n) is 9.70. The van der Waals surface area contributed by atoms with Crippen LogP contribution in [0.5, 0.6) is 0 Å². The molecule has 0 saturated heterocycles. The summed E-state index contributed by atoms with van der Waals surface area (Å²) in [6, 6.07) is 13.0. The Morgan fingerprint density at radius 1 is 1.00 bits per heavy atom. The van der Waals surface area contributed by atoms with Gasteiger partial charge in [-0.25, -0.2) is 17.5 Å². The number of sulfonamides is 1. The summed E-state index contributed by atoms with van der Waals surface area (Å²) in [4.78, 5) is 16.3. The van der Waals surface area contributed by atoms with Crippen LogP contribution in [-0.4, -0.2) is 25.4 Å². The van der Waals surface area contributed by atoms with Crippen molar-refractivity contribution in [1.82, 2.24) is 15.0 Å². The zero-order valence-corrected chi connectivity index (χ0v) is 20.0. The second kappa shape index (κ2) is 9.15. The first kappa shape index (κ1) is 23.1. The lowest BCUT2D eigenvalue weighted by atomic mass is 9.85. The molecule has 0 radical (unpaired) electrons. The van der Waals surface area contributed by atoms with E-state index in [4.69, 9.17) is 0 Å². The zero-order valence-electron chi connectivity index (χ0n) is 19.2. The van der Waals surface area contributed by atoms with Crippen LogP contribution in [0.3, 0.4) is 0 Å². The van der Waals surface area contributed by atoms with Crippen LogP contribution in [-0.2, 0) is 14.8 Å². The number of carbonyl (C=O) groups is 1. The van der Waals surface area contributed by atoms with Crippen molar-refractivity contribution in [1.29, 1.82) is 0 Å². The van der Waals surface area contributed by atoms with E-state index < -0.39 is 10.0 Å². The van der Waals surface area contributed by atoms with Gasteiger partial charge < -0.3 is 10.3 Å². The van der Waals surface area contributed by atoms with Gasteiger partial charge in [0.25, 0.3) is 0 Å². The highest BCUT2D eigenvalue weighted by molar-refractivity contribution is 7.89. The van der Waals surface area contributed by atoms with Crippen molar-refractivity contribution < 1.29 is 17.6 Å². The van der Waals surface area contributed by atoms with E-state index in [1.165, 1.54) is 30.7 Å². The first-order valence-corrected chi connectivity index (χ1v) is 13.5. The number of hydrogen-bond acceptors (Lipinski definition) is 3. The summed E-state index contributed by atoms with van der Waals surface area (Å²) in [5, 5.41) is 4.03. The Morgan fingerprint density at radius 2 is 1.71 bits per heavy atom. The maximum Gasteiger partial charge on any atom is 0.240 e. The van der Waals surface area contributed by atoms with Gasteiger partial charge in [-0.2, -0.15) is 0 Å². The minimum Gasteiger partial charge on any atom is -0.358 e. The fourth-order valence-corrected chi connectivity index (χ4v) is 6.17. The third-order valence-electron chi connectivity index (χ3n) is 7.09. The molecule has 1 atom stereocenters. The normalized spacial score (nSPS) is 21.9. The molecule has 2 aliphatic rings. The summed E-state index contributed by atoms with van der Waals surface area (Å²) >= 11 is 0. The van der Waals surface area contributed by atoms with E-state index in [1.807, 2.05) is 13.0 Å². The van der Waals surface area contributed by atoms with Crippen molar-refractivity contribution in [2.45, 2.75) is 68.3 Å². The van der Waals surface area contributed by atoms with Gasteiger partial charge in [0.1, 0.15) is 5.82 Å². The van der Waals surface area contributed by atoms with Gasteiger partial charge in [0.05, 0.1) is 10.9 Å². The molecule has 0 bridgehead atoms. The number of aromatic amines is 1. The molecule has 8 heteroatoms. The van der Waals surface area contributed by atoms with Crippen LogP contribution in [0.25, 0.3) is 10.9 Å². The molecule has 34 heavy (non-hydrogen) atoms. The van der Waals surface area contributed by atoms with Gasteiger partial charge in [0, 0.05) is 23.2 Å². The molecule has 6 nitrogen and oxygen atoms in total. The fraction of sp³-hybridized carbons (Fsp3) is 0.423. The highest BCUT2D eigenvalue weighted by atomic mass is 32.2. The molecule has 0 aliphatic heterocycles. The molecule has 2 aromatic carbocycles. The van der Waals surface area contributed by atoms with Gasteiger partial charge in [-0.15, -0.1) is 0 Å². The zero-order chi connectivity index (χ0) is 23.9. The first-order chi connectivity index (χ1) is 16.3. The summed E-state index contributed by atoms with van der Waals surface area (Å²) in [5.41, 5.74) is 2.88. The molecule has 2 saturated carbocycles. The van der Waals surface area contributed by atoms with Crippen molar-refractivity contribution in [3.63, 3.8) is 0 Å². The number of nitrogens with one attached hydrogen (secondary N) is 3. The van der Waals surface area contributed by atoms with Crippen molar-refractivity contribution in [2.75, 3.05) is 0 Å². The van der Waals surface area contributed by atoms with Gasteiger partial charge in [-0.3, -0.25) is 4.79 Å². The molecule has 0 spiro atoms. The molecule has 180 valence electrons. The lowest BCUT2D eigenvalue weighted by Crippen LogP contribution is -2.41. The van der Waals surface area contributed by atoms with E-state index >= 15 is 0 Å². The molecular formula is C26H30FN3O3S. The monoisotopic (exact) mass is 483 g/mol. The molecule has 1 amide bonds. The number of halogens is 1. The Balaban J connectivity index is 1.16. The molecule has 2 aliphatic carbocycles. The highest BCUT2D eigenvalue weighted by Crippen LogP contribution is 2.40. The number of H-pyrrole nitrogens is 1. The SMILES string of the molecule is C[C@@H](NC(=O)C1CCC(NS(=O)(=O)c2ccc3cc(C4CC4)[nH]c3c2)CC1)c1ccc(F)cc1. The molecule has 0 unspecified atom stereocenters. The van der Waals surface area contributed by atoms with Crippen molar-refractivity contribution in [3.05, 3.63) is 65.6 Å². The summed E-state index contributed by atoms with van der Waals surface area (Å²) < 4.78 is 42.0. The van der Waals surface area contributed by atoms with Crippen LogP contribution < -0.4 is 10.0 Å². The molecule has 1 aromatic heterocycles. The average molecular weight is 484 g/mol. The lowest BCUT2D eigenvalue weighted by Gasteiger charge is -2.29. The molecule has 2 fully saturated rings. The third kappa shape index (κ3) is 5.03. The molecule has 5 rings (SSSR count). The van der Waals surface area contributed by atoms with E-state index in [0.29, 0.717) is 31.6 Å². The van der Waals surface area contributed by atoms with E-state index in [1.54, 1.807) is 24.3 Å². The van der Waals surface area contributed by atoms with Crippen LogP contribution in [0, 0.1) is 11.7 Å². The van der Waals surface area contributed by atoms with Crippen LogP contribution in [0.1, 0.15) is 68.7 Å². The van der Waals surface area contributed by atoms with Crippen molar-refractivity contribution in [3.8, 4) is 0 Å². The summed E-state index contributed by atoms with van der Waals surface area (Å²) in [6.45, 7) is 1.87. The number of hydrogen-bond donors (Lipinski definition) is 3. The second-order valence-corrected chi connectivity index (χ2v) is 11.4. The molecular weight excluding hydrogens is 453 g/mol. The molecule has 3 N–H and O–H groups in total. The average Bonchev–Trinajstić information content (AvgIpc) is 3.58. The maximum absolute atomic E-state index is 13.1. The number of benzene rings is 2. The Hall–Kier alpha value is -2.71. The van der Waals surface area contributed by atoms with E-state index in [0.717, 1.165) is 16.5 Å². The summed E-state index contributed by atoms with van der Waals surface area (Å²) in [5.74, 6) is 0.0806. The van der Waals surface area contributed by atoms with E-state index in [9.17, 15) is 17.6 Å². The number of rotatable bonds is 7. The predicted octanol–water partition coefficient (Wildman–Crippen LogP) is 4.90. The largest absolute Gasteiger partial charge is 0.358 e. The topological polar surface area (TPSA) is 91.1 Å². The molecule has 1 heterocycles. The Bertz CT molecular complexity index is 1290. The number of aromatic nitrogens is 1. The minimum absolute atomic E-state index is 0.0400. The van der Waals surface area contributed by atoms with Gasteiger partial charge in [0.15, 0.2) is 0 Å². The number of fused-ring (bicyclic) bond motifs is 1. The Morgan fingerprint density at radius 3 is 2.38 bits per heavy atom. The lowest BCUT2D eigenvalue weighted by molar-refractivity contribution is -0.126. The van der Waals surface area contributed by atoms with Crippen molar-refractivity contribution >= 4 is 26.8 Å². The van der Waals surface area contributed by atoms with Crippen LogP contribution >= 0.6 is 0 Å². The Kier molecular flexibility index (Phi) is 6.20. The van der Waals surface area contributed by atoms with Gasteiger partial charge in [-0.1, -0.05) is 18.2 Å². The smallest absolute Gasteiger partial charge is 0.240 e. The summed E-state index contributed by atoms with van der Waals surface area (Å²) in [6.07, 6.45) is 4.83.